The van der Waals surface area contributed by atoms with Crippen LogP contribution in [0, 0.1) is 6.92 Å². The summed E-state index contributed by atoms with van der Waals surface area (Å²) in [5.41, 5.74) is 3.13. The molecule has 2 aromatic rings. The van der Waals surface area contributed by atoms with E-state index in [9.17, 15) is 13.2 Å². The van der Waals surface area contributed by atoms with Gasteiger partial charge in [-0.15, -0.1) is 0 Å². The van der Waals surface area contributed by atoms with Crippen LogP contribution in [0.1, 0.15) is 30.2 Å². The molecule has 0 spiro atoms. The average molecular weight is 346 g/mol. The van der Waals surface area contributed by atoms with E-state index in [1.165, 1.54) is 0 Å². The lowest BCUT2D eigenvalue weighted by molar-refractivity contribution is 0.487. The van der Waals surface area contributed by atoms with Gasteiger partial charge in [-0.3, -0.25) is 4.79 Å². The largest absolute Gasteiger partial charge is 0.313 e. The molecule has 0 saturated heterocycles. The van der Waals surface area contributed by atoms with Crippen LogP contribution in [-0.4, -0.2) is 19.0 Å². The van der Waals surface area contributed by atoms with Crippen LogP contribution in [0.25, 0.3) is 0 Å². The number of nitrogens with zero attached hydrogens (tertiary/aromatic N) is 1. The molecule has 1 aliphatic carbocycles. The van der Waals surface area contributed by atoms with Gasteiger partial charge in [-0.05, 0) is 50.8 Å². The fourth-order valence-corrected chi connectivity index (χ4v) is 4.55. The molecule has 128 valence electrons. The van der Waals surface area contributed by atoms with E-state index >= 15 is 0 Å². The van der Waals surface area contributed by atoms with Gasteiger partial charge in [0.15, 0.2) is 0 Å². The zero-order valence-corrected chi connectivity index (χ0v) is 14.8. The van der Waals surface area contributed by atoms with Crippen LogP contribution in [0.15, 0.2) is 46.1 Å². The summed E-state index contributed by atoms with van der Waals surface area (Å²) in [5.74, 6) is 0. The van der Waals surface area contributed by atoms with Crippen molar-refractivity contribution < 1.29 is 8.42 Å². The summed E-state index contributed by atoms with van der Waals surface area (Å²) < 4.78 is 29.7. The van der Waals surface area contributed by atoms with Crippen molar-refractivity contribution >= 4 is 10.0 Å². The van der Waals surface area contributed by atoms with Gasteiger partial charge in [0.2, 0.25) is 10.0 Å². The van der Waals surface area contributed by atoms with E-state index in [2.05, 4.69) is 4.72 Å². The fourth-order valence-electron chi connectivity index (χ4n) is 3.28. The standard InChI is InChI=1S/C18H22N2O3S/c1-3-20-17-10-7-15(12-14(17)6-11-18(20)21)19-24(22,23)16-8-4-13(2)5-9-16/h4-6,8-9,11,15,19H,3,7,10,12H2,1-2H3. The zero-order valence-electron chi connectivity index (χ0n) is 14.0. The molecule has 6 heteroatoms. The van der Waals surface area contributed by atoms with E-state index in [-0.39, 0.29) is 16.5 Å². The first-order valence-electron chi connectivity index (χ1n) is 8.21. The number of pyridine rings is 1. The van der Waals surface area contributed by atoms with Gasteiger partial charge >= 0.3 is 0 Å². The van der Waals surface area contributed by atoms with Gasteiger partial charge < -0.3 is 4.57 Å². The molecule has 1 unspecified atom stereocenters. The molecule has 1 aromatic heterocycles. The maximum absolute atomic E-state index is 12.5. The Balaban J connectivity index is 1.81. The number of sulfonamides is 1. The molecular weight excluding hydrogens is 324 g/mol. The number of nitrogens with one attached hydrogen (secondary N) is 1. The number of rotatable bonds is 4. The van der Waals surface area contributed by atoms with Crippen LogP contribution < -0.4 is 10.3 Å². The van der Waals surface area contributed by atoms with Crippen LogP contribution in [0.4, 0.5) is 0 Å². The lowest BCUT2D eigenvalue weighted by Crippen LogP contribution is -2.40. The highest BCUT2D eigenvalue weighted by Gasteiger charge is 2.25. The highest BCUT2D eigenvalue weighted by molar-refractivity contribution is 7.89. The summed E-state index contributed by atoms with van der Waals surface area (Å²) in [6, 6.07) is 10.1. The van der Waals surface area contributed by atoms with E-state index in [0.717, 1.165) is 16.8 Å². The highest BCUT2D eigenvalue weighted by atomic mass is 32.2. The Labute approximate surface area is 142 Å². The third-order valence-electron chi connectivity index (χ3n) is 4.55. The number of hydrogen-bond acceptors (Lipinski definition) is 3. The fraction of sp³-hybridized carbons (Fsp3) is 0.389. The summed E-state index contributed by atoms with van der Waals surface area (Å²) in [6.07, 6.45) is 2.02. The van der Waals surface area contributed by atoms with E-state index < -0.39 is 10.0 Å². The summed E-state index contributed by atoms with van der Waals surface area (Å²) in [5, 5.41) is 0. The van der Waals surface area contributed by atoms with Gasteiger partial charge in [0.1, 0.15) is 0 Å². The molecule has 24 heavy (non-hydrogen) atoms. The zero-order chi connectivity index (χ0) is 17.3. The topological polar surface area (TPSA) is 68.2 Å². The maximum atomic E-state index is 12.5. The monoisotopic (exact) mass is 346 g/mol. The number of fused-ring (bicyclic) bond motifs is 1. The number of benzene rings is 1. The minimum atomic E-state index is -3.52. The van der Waals surface area contributed by atoms with Crippen LogP contribution >= 0.6 is 0 Å². The molecule has 1 atom stereocenters. The van der Waals surface area contributed by atoms with Crippen molar-refractivity contribution in [2.75, 3.05) is 0 Å². The van der Waals surface area contributed by atoms with Crippen molar-refractivity contribution in [1.29, 1.82) is 0 Å². The van der Waals surface area contributed by atoms with E-state index in [1.54, 1.807) is 34.9 Å². The maximum Gasteiger partial charge on any atom is 0.250 e. The Hall–Kier alpha value is -1.92. The molecule has 1 aliphatic rings. The highest BCUT2D eigenvalue weighted by Crippen LogP contribution is 2.22. The first kappa shape index (κ1) is 16.9. The second-order valence-electron chi connectivity index (χ2n) is 6.26. The molecule has 3 rings (SSSR count). The minimum Gasteiger partial charge on any atom is -0.313 e. The Bertz CT molecular complexity index is 899. The van der Waals surface area contributed by atoms with E-state index in [4.69, 9.17) is 0 Å². The third-order valence-corrected chi connectivity index (χ3v) is 6.09. The van der Waals surface area contributed by atoms with Crippen molar-refractivity contribution in [1.82, 2.24) is 9.29 Å². The molecule has 0 bridgehead atoms. The second kappa shape index (κ2) is 6.53. The normalized spacial score (nSPS) is 17.5. The molecule has 0 fully saturated rings. The van der Waals surface area contributed by atoms with Gasteiger partial charge in [-0.25, -0.2) is 13.1 Å². The van der Waals surface area contributed by atoms with Crippen molar-refractivity contribution in [2.45, 2.75) is 50.6 Å². The predicted molar refractivity (Wildman–Crippen MR) is 93.7 cm³/mol. The van der Waals surface area contributed by atoms with Gasteiger partial charge in [-0.1, -0.05) is 23.8 Å². The van der Waals surface area contributed by atoms with Crippen molar-refractivity contribution in [3.05, 3.63) is 63.6 Å². The van der Waals surface area contributed by atoms with Gasteiger partial charge in [0, 0.05) is 24.3 Å². The number of aromatic nitrogens is 1. The Kier molecular flexibility index (Phi) is 4.60. The van der Waals surface area contributed by atoms with E-state index in [1.807, 2.05) is 19.9 Å². The van der Waals surface area contributed by atoms with Gasteiger partial charge in [0.25, 0.3) is 5.56 Å². The van der Waals surface area contributed by atoms with Crippen LogP contribution in [-0.2, 0) is 29.4 Å². The molecule has 1 heterocycles. The summed E-state index contributed by atoms with van der Waals surface area (Å²) in [7, 11) is -3.52. The molecular formula is C18H22N2O3S. The SMILES string of the molecule is CCn1c2c(ccc1=O)CC(NS(=O)(=O)c1ccc(C)cc1)CC2. The lowest BCUT2D eigenvalue weighted by Gasteiger charge is -2.27. The first-order valence-corrected chi connectivity index (χ1v) is 9.69. The lowest BCUT2D eigenvalue weighted by atomic mass is 9.92. The second-order valence-corrected chi connectivity index (χ2v) is 7.98. The summed E-state index contributed by atoms with van der Waals surface area (Å²) in [4.78, 5) is 12.2. The smallest absolute Gasteiger partial charge is 0.250 e. The Morgan fingerprint density at radius 3 is 2.54 bits per heavy atom. The third kappa shape index (κ3) is 3.30. The van der Waals surface area contributed by atoms with Crippen molar-refractivity contribution in [3.63, 3.8) is 0 Å². The first-order chi connectivity index (χ1) is 11.4. The van der Waals surface area contributed by atoms with Crippen LogP contribution in [0.3, 0.4) is 0 Å². The van der Waals surface area contributed by atoms with Crippen molar-refractivity contribution in [3.8, 4) is 0 Å². The van der Waals surface area contributed by atoms with Crippen LogP contribution in [0.2, 0.25) is 0 Å². The predicted octanol–water partition coefficient (Wildman–Crippen LogP) is 2.01. The van der Waals surface area contributed by atoms with Crippen molar-refractivity contribution in [2.24, 2.45) is 0 Å². The Morgan fingerprint density at radius 1 is 1.17 bits per heavy atom. The minimum absolute atomic E-state index is 0.00920. The molecule has 0 saturated carbocycles. The van der Waals surface area contributed by atoms with E-state index in [0.29, 0.717) is 25.8 Å². The molecule has 0 radical (unpaired) electrons. The van der Waals surface area contributed by atoms with Crippen LogP contribution in [0.5, 0.6) is 0 Å². The quantitative estimate of drug-likeness (QED) is 0.921. The summed E-state index contributed by atoms with van der Waals surface area (Å²) >= 11 is 0. The molecule has 1 aromatic carbocycles. The number of aryl methyl sites for hydroxylation is 1. The average Bonchev–Trinajstić information content (AvgIpc) is 2.55. The van der Waals surface area contributed by atoms with Gasteiger partial charge in [-0.2, -0.15) is 0 Å². The van der Waals surface area contributed by atoms with Gasteiger partial charge in [0.05, 0.1) is 4.90 Å². The molecule has 0 amide bonds. The molecule has 5 nitrogen and oxygen atoms in total. The summed E-state index contributed by atoms with van der Waals surface area (Å²) in [6.45, 7) is 4.52. The number of hydrogen-bond donors (Lipinski definition) is 1. The Morgan fingerprint density at radius 2 is 1.88 bits per heavy atom. The molecule has 1 N–H and O–H groups in total. The molecule has 0 aliphatic heterocycles.